The van der Waals surface area contributed by atoms with Crippen molar-refractivity contribution in [3.05, 3.63) is 35.4 Å². The predicted molar refractivity (Wildman–Crippen MR) is 80.5 cm³/mol. The van der Waals surface area contributed by atoms with Crippen molar-refractivity contribution in [1.82, 2.24) is 10.2 Å². The molecule has 0 unspecified atom stereocenters. The summed E-state index contributed by atoms with van der Waals surface area (Å²) in [6, 6.07) is 6.82. The maximum Gasteiger partial charge on any atom is 0.335 e. The van der Waals surface area contributed by atoms with Crippen LogP contribution in [0.25, 0.3) is 0 Å². The minimum atomic E-state index is -0.929. The fourth-order valence-electron chi connectivity index (χ4n) is 2.26. The first-order valence-electron chi connectivity index (χ1n) is 7.38. The molecule has 0 spiro atoms. The number of carbonyl (C=O) groups is 2. The molecule has 5 nitrogen and oxygen atoms in total. The van der Waals surface area contributed by atoms with Crippen LogP contribution in [0.15, 0.2) is 24.3 Å². The molecule has 0 atom stereocenters. The standard InChI is InChI=1S/C16H22N2O3/c1-18(16(21)17-10-8-12-6-7-12)11-9-13-4-2-3-5-14(13)15(19)20/h2-5,12H,6-11H2,1H3,(H,17,21)(H,19,20). The van der Waals surface area contributed by atoms with Gasteiger partial charge in [-0.3, -0.25) is 0 Å². The molecule has 21 heavy (non-hydrogen) atoms. The first kappa shape index (κ1) is 15.4. The Hall–Kier alpha value is -2.04. The maximum atomic E-state index is 11.9. The van der Waals surface area contributed by atoms with Crippen molar-refractivity contribution in [2.45, 2.75) is 25.7 Å². The Bertz CT molecular complexity index is 512. The summed E-state index contributed by atoms with van der Waals surface area (Å²) in [7, 11) is 1.73. The van der Waals surface area contributed by atoms with Crippen LogP contribution in [0.5, 0.6) is 0 Å². The number of aromatic carboxylic acids is 1. The summed E-state index contributed by atoms with van der Waals surface area (Å²) in [5, 5.41) is 12.0. The molecular weight excluding hydrogens is 268 g/mol. The molecular formula is C16H22N2O3. The Morgan fingerprint density at radius 3 is 2.71 bits per heavy atom. The number of nitrogens with zero attached hydrogens (tertiary/aromatic N) is 1. The van der Waals surface area contributed by atoms with E-state index in [0.717, 1.165) is 24.4 Å². The molecule has 1 aliphatic rings. The first-order valence-corrected chi connectivity index (χ1v) is 7.38. The van der Waals surface area contributed by atoms with Crippen LogP contribution in [0.3, 0.4) is 0 Å². The van der Waals surface area contributed by atoms with E-state index in [4.69, 9.17) is 5.11 Å². The van der Waals surface area contributed by atoms with Crippen LogP contribution < -0.4 is 5.32 Å². The summed E-state index contributed by atoms with van der Waals surface area (Å²) < 4.78 is 0. The molecule has 2 rings (SSSR count). The highest BCUT2D eigenvalue weighted by molar-refractivity contribution is 5.89. The molecule has 2 amide bonds. The van der Waals surface area contributed by atoms with Gasteiger partial charge in [0.1, 0.15) is 0 Å². The Balaban J connectivity index is 1.78. The minimum Gasteiger partial charge on any atom is -0.478 e. The summed E-state index contributed by atoms with van der Waals surface area (Å²) in [6.07, 6.45) is 4.17. The van der Waals surface area contributed by atoms with Crippen molar-refractivity contribution < 1.29 is 14.7 Å². The Labute approximate surface area is 125 Å². The monoisotopic (exact) mass is 290 g/mol. The fraction of sp³-hybridized carbons (Fsp3) is 0.500. The molecule has 0 radical (unpaired) electrons. The van der Waals surface area contributed by atoms with Gasteiger partial charge in [-0.25, -0.2) is 9.59 Å². The average molecular weight is 290 g/mol. The number of hydrogen-bond acceptors (Lipinski definition) is 2. The quantitative estimate of drug-likeness (QED) is 0.810. The van der Waals surface area contributed by atoms with Crippen molar-refractivity contribution in [2.24, 2.45) is 5.92 Å². The van der Waals surface area contributed by atoms with Crippen LogP contribution in [0.2, 0.25) is 0 Å². The number of carboxylic acids is 1. The van der Waals surface area contributed by atoms with Crippen LogP contribution in [0.4, 0.5) is 4.79 Å². The van der Waals surface area contributed by atoms with Crippen molar-refractivity contribution in [3.8, 4) is 0 Å². The molecule has 114 valence electrons. The van der Waals surface area contributed by atoms with Gasteiger partial charge in [0, 0.05) is 20.1 Å². The largest absolute Gasteiger partial charge is 0.478 e. The summed E-state index contributed by atoms with van der Waals surface area (Å²) in [6.45, 7) is 1.22. The van der Waals surface area contributed by atoms with Crippen LogP contribution in [0.1, 0.15) is 35.2 Å². The highest BCUT2D eigenvalue weighted by Gasteiger charge is 2.21. The van der Waals surface area contributed by atoms with E-state index in [9.17, 15) is 9.59 Å². The van der Waals surface area contributed by atoms with Crippen LogP contribution in [-0.4, -0.2) is 42.1 Å². The summed E-state index contributed by atoms with van der Waals surface area (Å²) >= 11 is 0. The second-order valence-corrected chi connectivity index (χ2v) is 5.60. The average Bonchev–Trinajstić information content (AvgIpc) is 3.29. The molecule has 0 aromatic heterocycles. The highest BCUT2D eigenvalue weighted by Crippen LogP contribution is 2.31. The number of hydrogen-bond donors (Lipinski definition) is 2. The van der Waals surface area contributed by atoms with Gasteiger partial charge in [0.25, 0.3) is 0 Å². The summed E-state index contributed by atoms with van der Waals surface area (Å²) in [4.78, 5) is 24.6. The maximum absolute atomic E-state index is 11.9. The van der Waals surface area contributed by atoms with Crippen LogP contribution >= 0.6 is 0 Å². The van der Waals surface area contributed by atoms with E-state index >= 15 is 0 Å². The van der Waals surface area contributed by atoms with Gasteiger partial charge in [-0.1, -0.05) is 31.0 Å². The molecule has 1 saturated carbocycles. The number of amides is 2. The van der Waals surface area contributed by atoms with Crippen molar-refractivity contribution in [2.75, 3.05) is 20.1 Å². The zero-order valence-corrected chi connectivity index (χ0v) is 12.3. The van der Waals surface area contributed by atoms with Crippen molar-refractivity contribution >= 4 is 12.0 Å². The lowest BCUT2D eigenvalue weighted by Gasteiger charge is -2.18. The molecule has 1 fully saturated rings. The Morgan fingerprint density at radius 1 is 1.33 bits per heavy atom. The predicted octanol–water partition coefficient (Wildman–Crippen LogP) is 2.37. The molecule has 5 heteroatoms. The third-order valence-corrected chi connectivity index (χ3v) is 3.84. The number of nitrogens with one attached hydrogen (secondary N) is 1. The zero-order valence-electron chi connectivity index (χ0n) is 12.3. The number of rotatable bonds is 7. The SMILES string of the molecule is CN(CCc1ccccc1C(=O)O)C(=O)NCCC1CC1. The van der Waals surface area contributed by atoms with E-state index in [-0.39, 0.29) is 6.03 Å². The number of carbonyl (C=O) groups excluding carboxylic acids is 1. The van der Waals surface area contributed by atoms with E-state index in [0.29, 0.717) is 18.5 Å². The van der Waals surface area contributed by atoms with Gasteiger partial charge in [0.15, 0.2) is 0 Å². The molecule has 1 aromatic rings. The molecule has 2 N–H and O–H groups in total. The second kappa shape index (κ2) is 7.11. The third kappa shape index (κ3) is 4.77. The molecule has 0 aliphatic heterocycles. The topological polar surface area (TPSA) is 69.6 Å². The van der Waals surface area contributed by atoms with Gasteiger partial charge in [-0.15, -0.1) is 0 Å². The van der Waals surface area contributed by atoms with Gasteiger partial charge in [0.05, 0.1) is 5.56 Å². The van der Waals surface area contributed by atoms with E-state index in [1.54, 1.807) is 30.1 Å². The highest BCUT2D eigenvalue weighted by atomic mass is 16.4. The molecule has 0 bridgehead atoms. The molecule has 0 saturated heterocycles. The van der Waals surface area contributed by atoms with Gasteiger partial charge in [0.2, 0.25) is 0 Å². The zero-order chi connectivity index (χ0) is 15.2. The minimum absolute atomic E-state index is 0.0940. The normalized spacial score (nSPS) is 13.8. The molecule has 1 aliphatic carbocycles. The fourth-order valence-corrected chi connectivity index (χ4v) is 2.26. The lowest BCUT2D eigenvalue weighted by atomic mass is 10.0. The number of benzene rings is 1. The number of carboxylic acid groups (broad SMARTS) is 1. The van der Waals surface area contributed by atoms with E-state index < -0.39 is 5.97 Å². The number of urea groups is 1. The third-order valence-electron chi connectivity index (χ3n) is 3.84. The first-order chi connectivity index (χ1) is 10.1. The van der Waals surface area contributed by atoms with Gasteiger partial charge in [-0.05, 0) is 30.4 Å². The van der Waals surface area contributed by atoms with Crippen LogP contribution in [0, 0.1) is 5.92 Å². The van der Waals surface area contributed by atoms with Crippen molar-refractivity contribution in [1.29, 1.82) is 0 Å². The Morgan fingerprint density at radius 2 is 2.05 bits per heavy atom. The second-order valence-electron chi connectivity index (χ2n) is 5.60. The molecule has 0 heterocycles. The van der Waals surface area contributed by atoms with E-state index in [1.165, 1.54) is 12.8 Å². The summed E-state index contributed by atoms with van der Waals surface area (Å²) in [5.41, 5.74) is 1.06. The van der Waals surface area contributed by atoms with Gasteiger partial charge >= 0.3 is 12.0 Å². The lowest BCUT2D eigenvalue weighted by molar-refractivity contribution is 0.0695. The Kier molecular flexibility index (Phi) is 5.20. The smallest absolute Gasteiger partial charge is 0.335 e. The van der Waals surface area contributed by atoms with E-state index in [2.05, 4.69) is 5.32 Å². The number of likely N-dealkylation sites (N-methyl/N-ethyl adjacent to an activating group) is 1. The summed E-state index contributed by atoms with van der Waals surface area (Å²) in [5.74, 6) is -0.125. The van der Waals surface area contributed by atoms with Gasteiger partial charge in [-0.2, -0.15) is 0 Å². The lowest BCUT2D eigenvalue weighted by Crippen LogP contribution is -2.39. The van der Waals surface area contributed by atoms with Crippen molar-refractivity contribution in [3.63, 3.8) is 0 Å². The van der Waals surface area contributed by atoms with E-state index in [1.807, 2.05) is 6.07 Å². The molecule has 1 aromatic carbocycles. The van der Waals surface area contributed by atoms with Gasteiger partial charge < -0.3 is 15.3 Å². The van der Waals surface area contributed by atoms with Crippen LogP contribution in [-0.2, 0) is 6.42 Å².